The number of anilines is 1. The minimum Gasteiger partial charge on any atom is -0.368 e. The fraction of sp³-hybridized carbons (Fsp3) is 0. The van der Waals surface area contributed by atoms with Gasteiger partial charge in [-0.1, -0.05) is 35.0 Å². The number of rotatable bonds is 2. The molecule has 1 aromatic carbocycles. The lowest BCUT2D eigenvalue weighted by molar-refractivity contribution is 1.10. The van der Waals surface area contributed by atoms with Crippen molar-refractivity contribution in [2.75, 3.05) is 5.73 Å². The second-order valence-electron chi connectivity index (χ2n) is 3.66. The van der Waals surface area contributed by atoms with Gasteiger partial charge in [0, 0.05) is 9.92 Å². The van der Waals surface area contributed by atoms with Gasteiger partial charge in [0.1, 0.15) is 10.5 Å². The molecule has 0 atom stereocenters. The zero-order chi connectivity index (χ0) is 13.4. The number of fused-ring (bicyclic) bond motifs is 1. The highest BCUT2D eigenvalue weighted by Crippen LogP contribution is 2.36. The van der Waals surface area contributed by atoms with Gasteiger partial charge in [-0.2, -0.15) is 4.98 Å². The van der Waals surface area contributed by atoms with Crippen LogP contribution in [0, 0.1) is 0 Å². The number of nitrogens with two attached hydrogens (primary N) is 1. The second-order valence-corrected chi connectivity index (χ2v) is 5.54. The number of benzene rings is 1. The van der Waals surface area contributed by atoms with Gasteiger partial charge in [0.2, 0.25) is 5.95 Å². The number of hydrogen-bond donors (Lipinski definition) is 2. The lowest BCUT2D eigenvalue weighted by Crippen LogP contribution is -1.97. The highest BCUT2D eigenvalue weighted by Gasteiger charge is 2.12. The Morgan fingerprint density at radius 1 is 1.21 bits per heavy atom. The number of nitrogens with one attached hydrogen (secondary N) is 1. The molecule has 0 saturated heterocycles. The number of nitrogens with zero attached hydrogens (tertiary/aromatic N) is 3. The molecule has 0 amide bonds. The molecule has 2 aromatic heterocycles. The van der Waals surface area contributed by atoms with Crippen LogP contribution >= 0.6 is 35.0 Å². The number of aromatic amines is 1. The summed E-state index contributed by atoms with van der Waals surface area (Å²) in [5, 5.41) is 1.86. The first-order valence-corrected chi connectivity index (χ1v) is 6.80. The lowest BCUT2D eigenvalue weighted by Gasteiger charge is -2.05. The molecule has 3 aromatic rings. The van der Waals surface area contributed by atoms with Gasteiger partial charge in [-0.15, -0.1) is 0 Å². The maximum absolute atomic E-state index is 6.13. The van der Waals surface area contributed by atoms with Gasteiger partial charge >= 0.3 is 0 Å². The molecule has 0 aliphatic rings. The summed E-state index contributed by atoms with van der Waals surface area (Å²) in [4.78, 5) is 16.1. The molecule has 0 saturated carbocycles. The monoisotopic (exact) mass is 311 g/mol. The van der Waals surface area contributed by atoms with Crippen molar-refractivity contribution in [1.82, 2.24) is 19.9 Å². The number of H-pyrrole nitrogens is 1. The normalized spacial score (nSPS) is 11.1. The fourth-order valence-electron chi connectivity index (χ4n) is 1.56. The minimum absolute atomic E-state index is 0.167. The van der Waals surface area contributed by atoms with Crippen molar-refractivity contribution in [2.24, 2.45) is 0 Å². The molecule has 96 valence electrons. The largest absolute Gasteiger partial charge is 0.368 e. The van der Waals surface area contributed by atoms with Gasteiger partial charge in [0.25, 0.3) is 0 Å². The van der Waals surface area contributed by atoms with Gasteiger partial charge in [-0.25, -0.2) is 9.97 Å². The number of aromatic nitrogens is 4. The van der Waals surface area contributed by atoms with Crippen molar-refractivity contribution < 1.29 is 0 Å². The van der Waals surface area contributed by atoms with Crippen LogP contribution in [-0.4, -0.2) is 19.9 Å². The predicted octanol–water partition coefficient (Wildman–Crippen LogP) is 3.39. The van der Waals surface area contributed by atoms with Crippen molar-refractivity contribution in [1.29, 1.82) is 0 Å². The van der Waals surface area contributed by atoms with Gasteiger partial charge < -0.3 is 10.7 Å². The molecule has 0 spiro atoms. The number of imidazole rings is 1. The first kappa shape index (κ1) is 12.5. The highest BCUT2D eigenvalue weighted by atomic mass is 35.5. The Morgan fingerprint density at radius 3 is 2.89 bits per heavy atom. The topological polar surface area (TPSA) is 80.5 Å². The van der Waals surface area contributed by atoms with Crippen LogP contribution < -0.4 is 5.73 Å². The van der Waals surface area contributed by atoms with Gasteiger partial charge in [-0.05, 0) is 18.2 Å². The first-order valence-electron chi connectivity index (χ1n) is 5.23. The maximum atomic E-state index is 6.13. The summed E-state index contributed by atoms with van der Waals surface area (Å²) in [6, 6.07) is 5.24. The SMILES string of the molecule is Nc1nc(Sc2cc(Cl)ccc2Cl)c2[nH]cnc2n1. The van der Waals surface area contributed by atoms with E-state index in [1.54, 1.807) is 24.5 Å². The maximum Gasteiger partial charge on any atom is 0.223 e. The summed E-state index contributed by atoms with van der Waals surface area (Å²) in [6.45, 7) is 0. The predicted molar refractivity (Wildman–Crippen MR) is 76.7 cm³/mol. The first-order chi connectivity index (χ1) is 9.13. The lowest BCUT2D eigenvalue weighted by atomic mass is 10.4. The van der Waals surface area contributed by atoms with Crippen LogP contribution in [0.3, 0.4) is 0 Å². The molecule has 0 aliphatic heterocycles. The third-order valence-corrected chi connectivity index (χ3v) is 4.09. The van der Waals surface area contributed by atoms with Crippen LogP contribution in [0.25, 0.3) is 11.2 Å². The third kappa shape index (κ3) is 2.47. The molecule has 0 fully saturated rings. The summed E-state index contributed by atoms with van der Waals surface area (Å²) < 4.78 is 0. The summed E-state index contributed by atoms with van der Waals surface area (Å²) in [5.41, 5.74) is 6.90. The van der Waals surface area contributed by atoms with Crippen LogP contribution in [0.15, 0.2) is 34.4 Å². The highest BCUT2D eigenvalue weighted by molar-refractivity contribution is 7.99. The van der Waals surface area contributed by atoms with Crippen LogP contribution in [0.2, 0.25) is 10.0 Å². The Kier molecular flexibility index (Phi) is 3.22. The van der Waals surface area contributed by atoms with E-state index >= 15 is 0 Å². The Bertz CT molecular complexity index is 758. The Balaban J connectivity index is 2.10. The minimum atomic E-state index is 0.167. The number of halogens is 2. The van der Waals surface area contributed by atoms with Gasteiger partial charge in [0.15, 0.2) is 5.65 Å². The molecular formula is C11H7Cl2N5S. The average molecular weight is 312 g/mol. The van der Waals surface area contributed by atoms with Gasteiger partial charge in [0.05, 0.1) is 11.3 Å². The van der Waals surface area contributed by atoms with Crippen molar-refractivity contribution in [2.45, 2.75) is 9.92 Å². The fourth-order valence-corrected chi connectivity index (χ4v) is 2.98. The van der Waals surface area contributed by atoms with Crippen LogP contribution in [0.4, 0.5) is 5.95 Å². The summed E-state index contributed by atoms with van der Waals surface area (Å²) in [6.07, 6.45) is 1.54. The Morgan fingerprint density at radius 2 is 2.05 bits per heavy atom. The van der Waals surface area contributed by atoms with Crippen molar-refractivity contribution in [3.05, 3.63) is 34.6 Å². The summed E-state index contributed by atoms with van der Waals surface area (Å²) in [5.74, 6) is 0.167. The zero-order valence-electron chi connectivity index (χ0n) is 9.39. The summed E-state index contributed by atoms with van der Waals surface area (Å²) in [7, 11) is 0. The third-order valence-electron chi connectivity index (χ3n) is 2.37. The van der Waals surface area contributed by atoms with Crippen LogP contribution in [-0.2, 0) is 0 Å². The van der Waals surface area contributed by atoms with E-state index in [0.29, 0.717) is 20.7 Å². The average Bonchev–Trinajstić information content (AvgIpc) is 2.82. The number of nitrogen functional groups attached to an aromatic ring is 1. The molecule has 0 bridgehead atoms. The zero-order valence-corrected chi connectivity index (χ0v) is 11.7. The van der Waals surface area contributed by atoms with Crippen LogP contribution in [0.5, 0.6) is 0 Å². The molecule has 0 unspecified atom stereocenters. The van der Waals surface area contributed by atoms with E-state index in [4.69, 9.17) is 28.9 Å². The van der Waals surface area contributed by atoms with E-state index in [1.807, 2.05) is 0 Å². The van der Waals surface area contributed by atoms with Crippen molar-refractivity contribution >= 4 is 52.1 Å². The Hall–Kier alpha value is -1.50. The molecule has 2 heterocycles. The summed E-state index contributed by atoms with van der Waals surface area (Å²) >= 11 is 13.5. The van der Waals surface area contributed by atoms with Crippen LogP contribution in [0.1, 0.15) is 0 Å². The van der Waals surface area contributed by atoms with E-state index < -0.39 is 0 Å². The second kappa shape index (κ2) is 4.88. The van der Waals surface area contributed by atoms with Crippen molar-refractivity contribution in [3.63, 3.8) is 0 Å². The van der Waals surface area contributed by atoms with E-state index in [9.17, 15) is 0 Å². The quantitative estimate of drug-likeness (QED) is 0.709. The van der Waals surface area contributed by atoms with Crippen molar-refractivity contribution in [3.8, 4) is 0 Å². The molecule has 8 heteroatoms. The molecule has 0 aliphatic carbocycles. The van der Waals surface area contributed by atoms with E-state index in [2.05, 4.69) is 19.9 Å². The molecular weight excluding hydrogens is 305 g/mol. The Labute approximate surface area is 122 Å². The van der Waals surface area contributed by atoms with E-state index in [0.717, 1.165) is 10.4 Å². The molecule has 5 nitrogen and oxygen atoms in total. The molecule has 19 heavy (non-hydrogen) atoms. The smallest absolute Gasteiger partial charge is 0.223 e. The van der Waals surface area contributed by atoms with Gasteiger partial charge in [-0.3, -0.25) is 0 Å². The molecule has 0 radical (unpaired) electrons. The molecule has 3 N–H and O–H groups in total. The molecule has 3 rings (SSSR count). The van der Waals surface area contributed by atoms with E-state index in [-0.39, 0.29) is 5.95 Å². The van der Waals surface area contributed by atoms with E-state index in [1.165, 1.54) is 11.8 Å². The standard InChI is InChI=1S/C11H7Cl2N5S/c12-5-1-2-6(13)7(3-5)19-10-8-9(16-4-15-8)17-11(14)18-10/h1-4H,(H3,14,15,16,17,18). The number of hydrogen-bond acceptors (Lipinski definition) is 5.